The number of anilines is 1. The summed E-state index contributed by atoms with van der Waals surface area (Å²) < 4.78 is 2.40. The Kier molecular flexibility index (Phi) is 3.58. The fourth-order valence-corrected chi connectivity index (χ4v) is 7.74. The largest absolute Gasteiger partial charge is 0.346 e. The van der Waals surface area contributed by atoms with Gasteiger partial charge in [-0.2, -0.15) is 0 Å². The number of hydrogen-bond donors (Lipinski definition) is 0. The van der Waals surface area contributed by atoms with Crippen LogP contribution in [0.4, 0.5) is 5.69 Å². The van der Waals surface area contributed by atoms with Gasteiger partial charge in [-0.05, 0) is 92.3 Å². The lowest BCUT2D eigenvalue weighted by molar-refractivity contribution is 1.000. The van der Waals surface area contributed by atoms with Gasteiger partial charge in [-0.25, -0.2) is 4.98 Å². The first kappa shape index (κ1) is 20.5. The minimum Gasteiger partial charge on any atom is -0.346 e. The molecular weight excluding hydrogens is 461 g/mol. The second kappa shape index (κ2) is 6.65. The summed E-state index contributed by atoms with van der Waals surface area (Å²) in [7, 11) is 2.16. The number of hydrogen-bond acceptors (Lipinski definition) is 2. The molecule has 0 amide bonds. The van der Waals surface area contributed by atoms with E-state index in [4.69, 9.17) is 11.6 Å². The predicted molar refractivity (Wildman–Crippen MR) is 161 cm³/mol. The van der Waals surface area contributed by atoms with E-state index in [1.54, 1.807) is 0 Å². The van der Waals surface area contributed by atoms with E-state index >= 15 is 0 Å². The third-order valence-corrected chi connectivity index (χ3v) is 9.25. The van der Waals surface area contributed by atoms with E-state index in [2.05, 4.69) is 109 Å². The van der Waals surface area contributed by atoms with Gasteiger partial charge in [0, 0.05) is 24.1 Å². The first-order valence-electron chi connectivity index (χ1n) is 13.3. The van der Waals surface area contributed by atoms with Crippen molar-refractivity contribution in [2.75, 3.05) is 11.9 Å². The molecule has 1 aromatic heterocycles. The maximum absolute atomic E-state index is 5.06. The van der Waals surface area contributed by atoms with E-state index in [0.29, 0.717) is 0 Å². The zero-order chi connectivity index (χ0) is 25.4. The maximum Gasteiger partial charge on any atom is 0.253 e. The Balaban J connectivity index is 1.63. The zero-order valence-corrected chi connectivity index (χ0v) is 21.6. The van der Waals surface area contributed by atoms with E-state index in [-0.39, 0.29) is 6.71 Å². The highest BCUT2D eigenvalue weighted by Crippen LogP contribution is 2.48. The van der Waals surface area contributed by atoms with Crippen molar-refractivity contribution in [3.05, 3.63) is 108 Å². The van der Waals surface area contributed by atoms with Crippen molar-refractivity contribution in [3.63, 3.8) is 0 Å². The van der Waals surface area contributed by atoms with Gasteiger partial charge >= 0.3 is 0 Å². The number of fused-ring (bicyclic) bond motifs is 8. The number of aromatic nitrogens is 2. The van der Waals surface area contributed by atoms with E-state index in [1.165, 1.54) is 77.1 Å². The topological polar surface area (TPSA) is 21.1 Å². The molecule has 0 spiro atoms. The second-order valence-corrected chi connectivity index (χ2v) is 10.9. The van der Waals surface area contributed by atoms with Crippen molar-refractivity contribution in [2.24, 2.45) is 0 Å². The van der Waals surface area contributed by atoms with E-state index < -0.39 is 0 Å². The molecule has 9 rings (SSSR count). The molecule has 0 atom stereocenters. The third-order valence-electron chi connectivity index (χ3n) is 9.25. The van der Waals surface area contributed by atoms with Gasteiger partial charge in [-0.3, -0.25) is 4.57 Å². The van der Waals surface area contributed by atoms with Crippen molar-refractivity contribution in [2.45, 2.75) is 13.8 Å². The van der Waals surface area contributed by atoms with Crippen LogP contribution in [0.2, 0.25) is 0 Å². The van der Waals surface area contributed by atoms with Gasteiger partial charge in [-0.15, -0.1) is 0 Å². The molecule has 0 bridgehead atoms. The summed E-state index contributed by atoms with van der Waals surface area (Å²) in [5.41, 5.74) is 15.2. The Morgan fingerprint density at radius 2 is 1.37 bits per heavy atom. The van der Waals surface area contributed by atoms with E-state index in [1.807, 2.05) is 0 Å². The van der Waals surface area contributed by atoms with Crippen LogP contribution in [0.5, 0.6) is 0 Å². The lowest BCUT2D eigenvalue weighted by atomic mass is 9.32. The molecule has 3 nitrogen and oxygen atoms in total. The van der Waals surface area contributed by atoms with Crippen LogP contribution >= 0.6 is 0 Å². The highest BCUT2D eigenvalue weighted by Gasteiger charge is 2.46. The number of allylic oxidation sites excluding steroid dienone is 2. The molecule has 178 valence electrons. The summed E-state index contributed by atoms with van der Waals surface area (Å²) >= 11 is 0. The second-order valence-electron chi connectivity index (χ2n) is 10.9. The molecule has 38 heavy (non-hydrogen) atoms. The number of likely N-dealkylation sites (N-methyl/N-ethyl adjacent to an activating group) is 1. The van der Waals surface area contributed by atoms with Crippen molar-refractivity contribution >= 4 is 61.5 Å². The summed E-state index contributed by atoms with van der Waals surface area (Å²) in [4.78, 5) is 7.35. The van der Waals surface area contributed by atoms with Crippen molar-refractivity contribution in [3.8, 4) is 16.8 Å². The van der Waals surface area contributed by atoms with Crippen LogP contribution in [0.15, 0.2) is 96.6 Å². The molecule has 4 heterocycles. The summed E-state index contributed by atoms with van der Waals surface area (Å²) in [5.74, 6) is 1.03. The smallest absolute Gasteiger partial charge is 0.253 e. The summed E-state index contributed by atoms with van der Waals surface area (Å²) in [5, 5.41) is 5.21. The Bertz CT molecular complexity index is 2150. The van der Waals surface area contributed by atoms with Gasteiger partial charge in [0.05, 0.1) is 11.0 Å². The summed E-state index contributed by atoms with van der Waals surface area (Å²) in [6.45, 7) is 9.27. The lowest BCUT2D eigenvalue weighted by Gasteiger charge is -2.40. The van der Waals surface area contributed by atoms with Gasteiger partial charge in [0.2, 0.25) is 0 Å². The Labute approximate surface area is 221 Å². The third kappa shape index (κ3) is 2.15. The van der Waals surface area contributed by atoms with Gasteiger partial charge in [-0.1, -0.05) is 67.2 Å². The Hall–Kier alpha value is -4.57. The molecule has 6 aromatic rings. The first-order valence-corrected chi connectivity index (χ1v) is 13.3. The standard InChI is InChI=1S/C34H24BN3/c1-18-29-23-12-7-5-10-21(23)22-11-6-8-13-24(22)30(29)25-16-17-26-34-32(25)35-31(18)19(2)37(4)27-14-9-15-28(33(27)35)38(34)20(3)36-26/h5-17H,2H2,1,3-4H3. The highest BCUT2D eigenvalue weighted by atomic mass is 15.1. The molecule has 4 heteroatoms. The summed E-state index contributed by atoms with van der Waals surface area (Å²) in [6, 6.07) is 29.1. The Morgan fingerprint density at radius 3 is 2.11 bits per heavy atom. The normalized spacial score (nSPS) is 15.1. The van der Waals surface area contributed by atoms with Crippen molar-refractivity contribution < 1.29 is 0 Å². The molecule has 5 aromatic carbocycles. The molecular formula is C34H24BN3. The molecule has 0 radical (unpaired) electrons. The monoisotopic (exact) mass is 485 g/mol. The van der Waals surface area contributed by atoms with Crippen LogP contribution < -0.4 is 15.8 Å². The van der Waals surface area contributed by atoms with Crippen molar-refractivity contribution in [1.82, 2.24) is 9.55 Å². The molecule has 3 aliphatic rings. The average Bonchev–Trinajstić information content (AvgIpc) is 3.23. The zero-order valence-electron chi connectivity index (χ0n) is 21.6. The molecule has 0 saturated heterocycles. The predicted octanol–water partition coefficient (Wildman–Crippen LogP) is 6.52. The average molecular weight is 485 g/mol. The van der Waals surface area contributed by atoms with Crippen LogP contribution in [0.25, 0.3) is 55.0 Å². The number of nitrogens with zero attached hydrogens (tertiary/aromatic N) is 3. The highest BCUT2D eigenvalue weighted by molar-refractivity contribution is 6.97. The molecule has 0 aliphatic carbocycles. The molecule has 0 unspecified atom stereocenters. The molecule has 0 saturated carbocycles. The van der Waals surface area contributed by atoms with E-state index in [0.717, 1.165) is 17.0 Å². The van der Waals surface area contributed by atoms with Crippen LogP contribution in [0, 0.1) is 6.92 Å². The quantitative estimate of drug-likeness (QED) is 0.181. The first-order chi connectivity index (χ1) is 18.6. The fraction of sp³-hybridized carbons (Fsp3) is 0.0882. The van der Waals surface area contributed by atoms with Crippen molar-refractivity contribution in [1.29, 1.82) is 0 Å². The molecule has 3 aliphatic heterocycles. The lowest BCUT2D eigenvalue weighted by Crippen LogP contribution is -2.56. The SMILES string of the molecule is C=C1C2=C(C)c3c(c4ccccc4c4ccccc34)-c3ccc4nc(C)n5c4c3B2c2c(cccc2-5)N1C. The molecule has 0 N–H and O–H groups in total. The number of rotatable bonds is 0. The van der Waals surface area contributed by atoms with Gasteiger partial charge in [0.25, 0.3) is 6.71 Å². The summed E-state index contributed by atoms with van der Waals surface area (Å²) in [6.07, 6.45) is 0. The number of benzene rings is 5. The Morgan fingerprint density at radius 1 is 0.711 bits per heavy atom. The van der Waals surface area contributed by atoms with Crippen LogP contribution in [0.3, 0.4) is 0 Å². The van der Waals surface area contributed by atoms with Crippen LogP contribution in [-0.4, -0.2) is 23.3 Å². The molecule has 0 fully saturated rings. The fourth-order valence-electron chi connectivity index (χ4n) is 7.74. The number of imidazole rings is 1. The van der Waals surface area contributed by atoms with Gasteiger partial charge in [0.1, 0.15) is 5.82 Å². The minimum absolute atomic E-state index is 0.108. The maximum atomic E-state index is 5.06. The van der Waals surface area contributed by atoms with Gasteiger partial charge < -0.3 is 4.90 Å². The van der Waals surface area contributed by atoms with E-state index in [9.17, 15) is 0 Å². The van der Waals surface area contributed by atoms with Crippen LogP contribution in [0.1, 0.15) is 18.3 Å². The van der Waals surface area contributed by atoms with Gasteiger partial charge in [0.15, 0.2) is 0 Å². The minimum atomic E-state index is 0.108. The van der Waals surface area contributed by atoms with Crippen LogP contribution in [-0.2, 0) is 0 Å². The number of aryl methyl sites for hydroxylation is 1.